The summed E-state index contributed by atoms with van der Waals surface area (Å²) >= 11 is 3.33. The van der Waals surface area contributed by atoms with Crippen molar-refractivity contribution in [3.63, 3.8) is 0 Å². The Labute approximate surface area is 127 Å². The summed E-state index contributed by atoms with van der Waals surface area (Å²) in [5.74, 6) is 0. The van der Waals surface area contributed by atoms with Crippen LogP contribution in [-0.2, 0) is 10.0 Å². The average Bonchev–Trinajstić information content (AvgIpc) is 2.40. The van der Waals surface area contributed by atoms with Gasteiger partial charge in [0.05, 0.1) is 5.69 Å². The molecule has 0 amide bonds. The summed E-state index contributed by atoms with van der Waals surface area (Å²) in [6.45, 7) is 4.08. The number of hydrogen-bond acceptors (Lipinski definition) is 3. The molecule has 2 rings (SSSR count). The van der Waals surface area contributed by atoms with Crippen molar-refractivity contribution >= 4 is 31.6 Å². The van der Waals surface area contributed by atoms with Gasteiger partial charge < -0.3 is 0 Å². The fourth-order valence-corrected chi connectivity index (χ4v) is 4.56. The molecular formula is C14H15BrN2O2S. The van der Waals surface area contributed by atoms with Gasteiger partial charge in [-0.05, 0) is 59.6 Å². The van der Waals surface area contributed by atoms with E-state index in [1.165, 1.54) is 4.31 Å². The predicted octanol–water partition coefficient (Wildman–Crippen LogP) is 3.37. The summed E-state index contributed by atoms with van der Waals surface area (Å²) in [7, 11) is -3.59. The van der Waals surface area contributed by atoms with Crippen LogP contribution >= 0.6 is 15.9 Å². The highest BCUT2D eigenvalue weighted by molar-refractivity contribution is 9.10. The van der Waals surface area contributed by atoms with Gasteiger partial charge in [-0.25, -0.2) is 8.42 Å². The van der Waals surface area contributed by atoms with Crippen molar-refractivity contribution in [3.05, 3.63) is 52.8 Å². The number of aryl methyl sites for hydroxylation is 1. The van der Waals surface area contributed by atoms with E-state index in [9.17, 15) is 8.42 Å². The molecule has 0 aliphatic heterocycles. The number of pyridine rings is 1. The van der Waals surface area contributed by atoms with E-state index in [1.807, 2.05) is 6.92 Å². The van der Waals surface area contributed by atoms with Crippen molar-refractivity contribution in [1.82, 2.24) is 4.98 Å². The van der Waals surface area contributed by atoms with E-state index in [2.05, 4.69) is 20.9 Å². The van der Waals surface area contributed by atoms with Crippen LogP contribution in [0.25, 0.3) is 0 Å². The van der Waals surface area contributed by atoms with Crippen molar-refractivity contribution in [2.75, 3.05) is 10.8 Å². The molecule has 6 heteroatoms. The molecule has 1 aromatic carbocycles. The first-order valence-electron chi connectivity index (χ1n) is 6.15. The lowest BCUT2D eigenvalue weighted by Gasteiger charge is -2.23. The Hall–Kier alpha value is -1.40. The highest BCUT2D eigenvalue weighted by atomic mass is 79.9. The molecule has 2 aromatic rings. The van der Waals surface area contributed by atoms with E-state index in [1.54, 1.807) is 49.6 Å². The van der Waals surface area contributed by atoms with Crippen LogP contribution < -0.4 is 4.31 Å². The number of aromatic nitrogens is 1. The third-order valence-electron chi connectivity index (χ3n) is 2.89. The van der Waals surface area contributed by atoms with Gasteiger partial charge in [-0.2, -0.15) is 0 Å². The summed E-state index contributed by atoms with van der Waals surface area (Å²) < 4.78 is 27.5. The minimum atomic E-state index is -3.59. The molecular weight excluding hydrogens is 340 g/mol. The van der Waals surface area contributed by atoms with Crippen LogP contribution in [0.1, 0.15) is 12.5 Å². The predicted molar refractivity (Wildman–Crippen MR) is 83.3 cm³/mol. The molecule has 0 bridgehead atoms. The third-order valence-corrected chi connectivity index (χ3v) is 5.77. The normalized spacial score (nSPS) is 11.3. The third kappa shape index (κ3) is 2.86. The molecule has 20 heavy (non-hydrogen) atoms. The van der Waals surface area contributed by atoms with Crippen molar-refractivity contribution in [2.24, 2.45) is 0 Å². The zero-order chi connectivity index (χ0) is 14.8. The minimum absolute atomic E-state index is 0.266. The van der Waals surface area contributed by atoms with E-state index in [-0.39, 0.29) is 4.90 Å². The first-order chi connectivity index (χ1) is 9.46. The number of halogens is 1. The van der Waals surface area contributed by atoms with Gasteiger partial charge in [0.2, 0.25) is 0 Å². The zero-order valence-corrected chi connectivity index (χ0v) is 13.6. The smallest absolute Gasteiger partial charge is 0.265 e. The summed E-state index contributed by atoms with van der Waals surface area (Å²) in [6, 6.07) is 8.58. The van der Waals surface area contributed by atoms with Crippen LogP contribution in [0, 0.1) is 6.92 Å². The topological polar surface area (TPSA) is 50.3 Å². The lowest BCUT2D eigenvalue weighted by molar-refractivity contribution is 0.591. The molecule has 1 heterocycles. The molecule has 0 aliphatic rings. The van der Waals surface area contributed by atoms with Crippen molar-refractivity contribution < 1.29 is 8.42 Å². The molecule has 0 saturated heterocycles. The van der Waals surface area contributed by atoms with Gasteiger partial charge >= 0.3 is 0 Å². The second kappa shape index (κ2) is 5.93. The van der Waals surface area contributed by atoms with Crippen molar-refractivity contribution in [3.8, 4) is 0 Å². The van der Waals surface area contributed by atoms with Gasteiger partial charge in [-0.1, -0.05) is 6.07 Å². The van der Waals surface area contributed by atoms with E-state index in [0.717, 1.165) is 5.56 Å². The minimum Gasteiger partial charge on any atom is -0.266 e. The second-order valence-corrected chi connectivity index (χ2v) is 6.99. The maximum Gasteiger partial charge on any atom is 0.265 e. The molecule has 0 atom stereocenters. The van der Waals surface area contributed by atoms with E-state index < -0.39 is 10.0 Å². The SMILES string of the molecule is CCN(c1ccncc1)S(=O)(=O)c1ccc(C)cc1Br. The number of benzene rings is 1. The monoisotopic (exact) mass is 354 g/mol. The Morgan fingerprint density at radius 3 is 2.40 bits per heavy atom. The van der Waals surface area contributed by atoms with Gasteiger partial charge in [-0.3, -0.25) is 9.29 Å². The number of sulfonamides is 1. The van der Waals surface area contributed by atoms with Gasteiger partial charge in [0.25, 0.3) is 10.0 Å². The summed E-state index contributed by atoms with van der Waals surface area (Å²) in [6.07, 6.45) is 3.16. The van der Waals surface area contributed by atoms with E-state index in [4.69, 9.17) is 0 Å². The van der Waals surface area contributed by atoms with E-state index >= 15 is 0 Å². The fraction of sp³-hybridized carbons (Fsp3) is 0.214. The number of hydrogen-bond donors (Lipinski definition) is 0. The molecule has 0 saturated carbocycles. The number of rotatable bonds is 4. The lowest BCUT2D eigenvalue weighted by atomic mass is 10.2. The van der Waals surface area contributed by atoms with Crippen LogP contribution in [0.3, 0.4) is 0 Å². The molecule has 0 unspecified atom stereocenters. The number of nitrogens with zero attached hydrogens (tertiary/aromatic N) is 2. The summed E-state index contributed by atoms with van der Waals surface area (Å²) in [5.41, 5.74) is 1.61. The van der Waals surface area contributed by atoms with Crippen LogP contribution in [0.15, 0.2) is 52.1 Å². The Morgan fingerprint density at radius 1 is 1.20 bits per heavy atom. The van der Waals surface area contributed by atoms with Crippen LogP contribution in [0.4, 0.5) is 5.69 Å². The molecule has 106 valence electrons. The van der Waals surface area contributed by atoms with Crippen molar-refractivity contribution in [2.45, 2.75) is 18.7 Å². The first-order valence-corrected chi connectivity index (χ1v) is 8.39. The van der Waals surface area contributed by atoms with Crippen LogP contribution in [-0.4, -0.2) is 19.9 Å². The number of anilines is 1. The van der Waals surface area contributed by atoms with Gasteiger partial charge in [0.1, 0.15) is 4.90 Å². The van der Waals surface area contributed by atoms with Crippen LogP contribution in [0.5, 0.6) is 0 Å². The molecule has 0 N–H and O–H groups in total. The molecule has 4 nitrogen and oxygen atoms in total. The summed E-state index contributed by atoms with van der Waals surface area (Å²) in [4.78, 5) is 4.18. The molecule has 0 aliphatic carbocycles. The average molecular weight is 355 g/mol. The Morgan fingerprint density at radius 2 is 1.85 bits per heavy atom. The first kappa shape index (κ1) is 15.0. The van der Waals surface area contributed by atoms with Gasteiger partial charge in [0, 0.05) is 23.4 Å². The highest BCUT2D eigenvalue weighted by Gasteiger charge is 2.25. The quantitative estimate of drug-likeness (QED) is 0.845. The van der Waals surface area contributed by atoms with Crippen molar-refractivity contribution in [1.29, 1.82) is 0 Å². The fourth-order valence-electron chi connectivity index (χ4n) is 1.94. The van der Waals surface area contributed by atoms with E-state index in [0.29, 0.717) is 16.7 Å². The standard InChI is InChI=1S/C14H15BrN2O2S/c1-3-17(12-6-8-16-9-7-12)20(18,19)14-5-4-11(2)10-13(14)15/h4-10H,3H2,1-2H3. The Kier molecular flexibility index (Phi) is 4.45. The maximum absolute atomic E-state index is 12.8. The molecule has 0 spiro atoms. The summed E-state index contributed by atoms with van der Waals surface area (Å²) in [5, 5.41) is 0. The highest BCUT2D eigenvalue weighted by Crippen LogP contribution is 2.28. The molecule has 1 aromatic heterocycles. The largest absolute Gasteiger partial charge is 0.266 e. The second-order valence-electron chi connectivity index (χ2n) is 4.31. The Bertz CT molecular complexity index is 702. The zero-order valence-electron chi connectivity index (χ0n) is 11.2. The Balaban J connectivity index is 2.53. The van der Waals surface area contributed by atoms with Gasteiger partial charge in [-0.15, -0.1) is 0 Å². The molecule has 0 radical (unpaired) electrons. The maximum atomic E-state index is 12.8. The van der Waals surface area contributed by atoms with Crippen LogP contribution in [0.2, 0.25) is 0 Å². The molecule has 0 fully saturated rings. The van der Waals surface area contributed by atoms with Gasteiger partial charge in [0.15, 0.2) is 0 Å². The lowest BCUT2D eigenvalue weighted by Crippen LogP contribution is -2.31.